The molecule has 7 nitrogen and oxygen atoms in total. The molecule has 4 heterocycles. The van der Waals surface area contributed by atoms with E-state index in [1.54, 1.807) is 4.57 Å². The molecule has 184 valence electrons. The first-order valence-electron chi connectivity index (χ1n) is 12.1. The zero-order chi connectivity index (χ0) is 24.7. The Hall–Kier alpha value is -2.68. The Morgan fingerprint density at radius 3 is 2.80 bits per heavy atom. The molecule has 0 radical (unpaired) electrons. The smallest absolute Gasteiger partial charge is 0.343 e. The average molecular weight is 494 g/mol. The zero-order valence-corrected chi connectivity index (χ0v) is 21.5. The van der Waals surface area contributed by atoms with Crippen molar-refractivity contribution < 1.29 is 14.3 Å². The fourth-order valence-corrected chi connectivity index (χ4v) is 5.59. The van der Waals surface area contributed by atoms with Gasteiger partial charge in [0, 0.05) is 22.6 Å². The van der Waals surface area contributed by atoms with Crippen LogP contribution in [0.2, 0.25) is 0 Å². The molecule has 3 aromatic rings. The van der Waals surface area contributed by atoms with E-state index < -0.39 is 11.6 Å². The molecule has 0 spiro atoms. The fourth-order valence-electron chi connectivity index (χ4n) is 5.27. The number of esters is 1. The molecule has 0 aliphatic carbocycles. The maximum atomic E-state index is 13.7. The lowest BCUT2D eigenvalue weighted by Gasteiger charge is -2.36. The largest absolute Gasteiger partial charge is 0.458 e. The van der Waals surface area contributed by atoms with Gasteiger partial charge in [-0.1, -0.05) is 39.0 Å². The number of nitrogens with one attached hydrogen (secondary N) is 1. The summed E-state index contributed by atoms with van der Waals surface area (Å²) in [5.41, 5.74) is 4.46. The minimum Gasteiger partial charge on any atom is -0.458 e. The Balaban J connectivity index is 1.71. The summed E-state index contributed by atoms with van der Waals surface area (Å²) >= 11 is 1.49. The van der Waals surface area contributed by atoms with Crippen molar-refractivity contribution in [3.63, 3.8) is 0 Å². The van der Waals surface area contributed by atoms with Gasteiger partial charge >= 0.3 is 5.97 Å². The summed E-state index contributed by atoms with van der Waals surface area (Å²) in [6, 6.07) is 10.5. The Bertz CT molecular complexity index is 1370. The number of para-hydroxylation sites is 1. The number of cyclic esters (lactones) is 1. The number of hydrogen-bond donors (Lipinski definition) is 1. The summed E-state index contributed by atoms with van der Waals surface area (Å²) in [6.45, 7) is 7.43. The number of thioether (sulfide) groups is 1. The number of carbonyl (C=O) groups is 1. The molecular weight excluding hydrogens is 462 g/mol. The molecule has 0 amide bonds. The third-order valence-corrected chi connectivity index (χ3v) is 7.39. The van der Waals surface area contributed by atoms with Gasteiger partial charge in [0.25, 0.3) is 5.56 Å². The molecule has 0 bridgehead atoms. The number of pyridine rings is 2. The maximum Gasteiger partial charge on any atom is 0.343 e. The van der Waals surface area contributed by atoms with Crippen molar-refractivity contribution in [1.82, 2.24) is 14.9 Å². The molecule has 2 aromatic heterocycles. The Morgan fingerprint density at radius 2 is 2.06 bits per heavy atom. The summed E-state index contributed by atoms with van der Waals surface area (Å²) in [6.07, 6.45) is 3.13. The van der Waals surface area contributed by atoms with E-state index >= 15 is 0 Å². The summed E-state index contributed by atoms with van der Waals surface area (Å²) < 4.78 is 13.3. The molecule has 5 rings (SSSR count). The number of nitrogens with zero attached hydrogens (tertiary/aromatic N) is 2. The van der Waals surface area contributed by atoms with Gasteiger partial charge in [0.1, 0.15) is 6.61 Å². The van der Waals surface area contributed by atoms with E-state index in [4.69, 9.17) is 14.5 Å². The van der Waals surface area contributed by atoms with Gasteiger partial charge in [0.2, 0.25) is 0 Å². The molecule has 2 aliphatic rings. The highest BCUT2D eigenvalue weighted by Gasteiger charge is 2.48. The number of carbonyl (C=O) groups excluding carboxylic acids is 1. The Labute approximate surface area is 209 Å². The molecule has 2 aliphatic heterocycles. The van der Waals surface area contributed by atoms with E-state index in [2.05, 4.69) is 25.2 Å². The highest BCUT2D eigenvalue weighted by atomic mass is 32.2. The quantitative estimate of drug-likeness (QED) is 0.294. The molecule has 0 saturated carbocycles. The molecule has 8 heteroatoms. The number of hydrogen-bond acceptors (Lipinski definition) is 7. The first-order chi connectivity index (χ1) is 16.9. The highest BCUT2D eigenvalue weighted by molar-refractivity contribution is 7.98. The number of benzene rings is 1. The number of ether oxygens (including phenoxy) is 2. The number of aromatic nitrogens is 2. The van der Waals surface area contributed by atoms with Gasteiger partial charge in [-0.25, -0.2) is 9.78 Å². The maximum absolute atomic E-state index is 13.7. The lowest BCUT2D eigenvalue weighted by atomic mass is 9.85. The van der Waals surface area contributed by atoms with E-state index in [1.807, 2.05) is 37.4 Å². The molecule has 35 heavy (non-hydrogen) atoms. The van der Waals surface area contributed by atoms with Crippen molar-refractivity contribution in [2.24, 2.45) is 0 Å². The van der Waals surface area contributed by atoms with Crippen molar-refractivity contribution in [1.29, 1.82) is 0 Å². The van der Waals surface area contributed by atoms with Crippen molar-refractivity contribution >= 4 is 28.6 Å². The normalized spacial score (nSPS) is 18.5. The first kappa shape index (κ1) is 24.0. The van der Waals surface area contributed by atoms with Crippen LogP contribution in [0.3, 0.4) is 0 Å². The molecule has 1 N–H and O–H groups in total. The second kappa shape index (κ2) is 9.41. The average Bonchev–Trinajstić information content (AvgIpc) is 3.22. The number of fused-ring (bicyclic) bond motifs is 5. The minimum atomic E-state index is -1.28. The first-order valence-corrected chi connectivity index (χ1v) is 13.5. The lowest BCUT2D eigenvalue weighted by molar-refractivity contribution is -0.177. The molecule has 1 aromatic carbocycles. The van der Waals surface area contributed by atoms with E-state index in [0.717, 1.165) is 40.8 Å². The van der Waals surface area contributed by atoms with Crippen LogP contribution in [0, 0.1) is 0 Å². The van der Waals surface area contributed by atoms with Crippen LogP contribution in [-0.4, -0.2) is 40.3 Å². The predicted molar refractivity (Wildman–Crippen MR) is 139 cm³/mol. The van der Waals surface area contributed by atoms with Gasteiger partial charge in [0.05, 0.1) is 35.0 Å². The van der Waals surface area contributed by atoms with Gasteiger partial charge in [-0.2, -0.15) is 0 Å². The van der Waals surface area contributed by atoms with Gasteiger partial charge in [0.15, 0.2) is 5.60 Å². The van der Waals surface area contributed by atoms with Gasteiger partial charge < -0.3 is 19.4 Å². The summed E-state index contributed by atoms with van der Waals surface area (Å²) in [5.74, 6) is -0.108. The van der Waals surface area contributed by atoms with E-state index in [0.29, 0.717) is 36.1 Å². The second-order valence-electron chi connectivity index (χ2n) is 9.41. The summed E-state index contributed by atoms with van der Waals surface area (Å²) in [4.78, 5) is 31.7. The monoisotopic (exact) mass is 493 g/mol. The molecule has 0 saturated heterocycles. The van der Waals surface area contributed by atoms with Crippen molar-refractivity contribution in [3.8, 4) is 11.4 Å². The highest BCUT2D eigenvalue weighted by Crippen LogP contribution is 2.42. The van der Waals surface area contributed by atoms with Crippen LogP contribution < -0.4 is 10.9 Å². The van der Waals surface area contributed by atoms with Gasteiger partial charge in [-0.3, -0.25) is 4.79 Å². The standard InChI is InChI=1S/C27H31N3O4S/c1-5-27(34-15-35-4)21-12-23-24-19(13-30(23)25(31)20(21)14-33-26(27)32)17(10-11-28-16(2)3)18-8-6-7-9-22(18)29-24/h6-9,12,16,28H,5,10-11,13-15H2,1-4H3/t27-/m0/s1. The SMILES string of the molecule is CC[C@@]1(OCSC)C(=O)OCc2c1cc1n(c2=O)Cc2c-1nc1ccccc1c2CCNC(C)C. The Morgan fingerprint density at radius 1 is 1.26 bits per heavy atom. The molecule has 0 fully saturated rings. The molecule has 0 unspecified atom stereocenters. The van der Waals surface area contributed by atoms with Gasteiger partial charge in [-0.05, 0) is 43.3 Å². The van der Waals surface area contributed by atoms with Crippen LogP contribution in [0.15, 0.2) is 35.1 Å². The van der Waals surface area contributed by atoms with Crippen LogP contribution in [0.5, 0.6) is 0 Å². The van der Waals surface area contributed by atoms with Crippen molar-refractivity contribution in [3.05, 3.63) is 62.9 Å². The fraction of sp³-hybridized carbons (Fsp3) is 0.444. The second-order valence-corrected chi connectivity index (χ2v) is 10.2. The molecule has 1 atom stereocenters. The van der Waals surface area contributed by atoms with Crippen molar-refractivity contribution in [2.75, 3.05) is 18.7 Å². The van der Waals surface area contributed by atoms with Crippen LogP contribution in [0.25, 0.3) is 22.3 Å². The zero-order valence-electron chi connectivity index (χ0n) is 20.6. The number of rotatable bonds is 8. The summed E-state index contributed by atoms with van der Waals surface area (Å²) in [7, 11) is 0. The Kier molecular flexibility index (Phi) is 6.46. The van der Waals surface area contributed by atoms with E-state index in [1.165, 1.54) is 17.3 Å². The van der Waals surface area contributed by atoms with Gasteiger partial charge in [-0.15, -0.1) is 11.8 Å². The predicted octanol–water partition coefficient (Wildman–Crippen LogP) is 3.96. The minimum absolute atomic E-state index is 0.0332. The summed E-state index contributed by atoms with van der Waals surface area (Å²) in [5, 5.41) is 4.63. The third kappa shape index (κ3) is 3.88. The molecular formula is C27H31N3O4S. The van der Waals surface area contributed by atoms with Crippen LogP contribution in [0.4, 0.5) is 0 Å². The van der Waals surface area contributed by atoms with Crippen molar-refractivity contribution in [2.45, 2.75) is 58.4 Å². The van der Waals surface area contributed by atoms with Crippen LogP contribution in [-0.2, 0) is 39.4 Å². The van der Waals surface area contributed by atoms with E-state index in [9.17, 15) is 9.59 Å². The topological polar surface area (TPSA) is 82.5 Å². The van der Waals surface area contributed by atoms with E-state index in [-0.39, 0.29) is 12.2 Å². The van der Waals surface area contributed by atoms with Crippen LogP contribution in [0.1, 0.15) is 49.4 Å². The third-order valence-electron chi connectivity index (χ3n) is 7.03. The van der Waals surface area contributed by atoms with Crippen LogP contribution >= 0.6 is 11.8 Å². The lowest BCUT2D eigenvalue weighted by Crippen LogP contribution is -2.46.